The molecule has 0 bridgehead atoms. The molecule has 3 nitrogen and oxygen atoms in total. The van der Waals surface area contributed by atoms with E-state index in [4.69, 9.17) is 0 Å². The van der Waals surface area contributed by atoms with Gasteiger partial charge in [-0.2, -0.15) is 0 Å². The van der Waals surface area contributed by atoms with Gasteiger partial charge in [-0.3, -0.25) is 10.0 Å². The number of unbranched alkanes of at least 4 members (excludes halogenated alkanes) is 7. The van der Waals surface area contributed by atoms with Gasteiger partial charge < -0.3 is 0 Å². The third-order valence-corrected chi connectivity index (χ3v) is 3.71. The molecule has 0 aliphatic rings. The molecule has 0 saturated heterocycles. The number of allylic oxidation sites excluding steroid dienone is 1. The Hall–Kier alpha value is -1.61. The molecule has 0 fully saturated rings. The minimum absolute atomic E-state index is 0.387. The summed E-state index contributed by atoms with van der Waals surface area (Å²) in [7, 11) is 1.34. The third kappa shape index (κ3) is 7.41. The molecule has 0 radical (unpaired) electrons. The van der Waals surface area contributed by atoms with Crippen LogP contribution >= 0.6 is 0 Å². The Balaban J connectivity index is 2.29. The van der Waals surface area contributed by atoms with Gasteiger partial charge in [-0.15, -0.1) is 0 Å². The van der Waals surface area contributed by atoms with Crippen LogP contribution in [0.1, 0.15) is 74.2 Å². The van der Waals surface area contributed by atoms with Gasteiger partial charge in [0.15, 0.2) is 0 Å². The summed E-state index contributed by atoms with van der Waals surface area (Å²) in [4.78, 5) is 11.7. The van der Waals surface area contributed by atoms with Crippen LogP contribution in [0.3, 0.4) is 0 Å². The Labute approximate surface area is 134 Å². The fraction of sp³-hybridized carbons (Fsp3) is 0.526. The summed E-state index contributed by atoms with van der Waals surface area (Å²) < 4.78 is 0. The number of carbonyl (C=O) groups excluding carboxylic acids is 1. The third-order valence-electron chi connectivity index (χ3n) is 3.71. The average Bonchev–Trinajstić information content (AvgIpc) is 2.52. The second kappa shape index (κ2) is 11.0. The number of carbonyl (C=O) groups is 1. The van der Waals surface area contributed by atoms with E-state index in [2.05, 4.69) is 13.0 Å². The lowest BCUT2D eigenvalue weighted by Gasteiger charge is -2.08. The van der Waals surface area contributed by atoms with Crippen molar-refractivity contribution in [3.63, 3.8) is 0 Å². The van der Waals surface area contributed by atoms with Gasteiger partial charge in [0, 0.05) is 12.6 Å². The number of nitrogens with zero attached hydrogens (tertiary/aromatic N) is 1. The molecule has 1 amide bonds. The van der Waals surface area contributed by atoms with Crippen LogP contribution in [-0.2, 0) is 0 Å². The quantitative estimate of drug-likeness (QED) is 0.362. The highest BCUT2D eigenvalue weighted by Gasteiger charge is 2.08. The zero-order chi connectivity index (χ0) is 16.2. The van der Waals surface area contributed by atoms with E-state index < -0.39 is 0 Å². The van der Waals surface area contributed by atoms with Crippen LogP contribution in [0.2, 0.25) is 0 Å². The van der Waals surface area contributed by atoms with E-state index in [1.54, 1.807) is 12.1 Å². The lowest BCUT2D eigenvalue weighted by molar-refractivity contribution is -0.0374. The van der Waals surface area contributed by atoms with Crippen LogP contribution in [0.5, 0.6) is 0 Å². The Morgan fingerprint density at radius 3 is 2.50 bits per heavy atom. The maximum Gasteiger partial charge on any atom is 0.276 e. The van der Waals surface area contributed by atoms with Crippen LogP contribution in [0.4, 0.5) is 0 Å². The van der Waals surface area contributed by atoms with Gasteiger partial charge in [-0.05, 0) is 30.5 Å². The molecular weight excluding hydrogens is 274 g/mol. The van der Waals surface area contributed by atoms with Crippen LogP contribution in [0, 0.1) is 0 Å². The number of rotatable bonds is 10. The van der Waals surface area contributed by atoms with Crippen LogP contribution in [-0.4, -0.2) is 23.2 Å². The number of benzene rings is 1. The van der Waals surface area contributed by atoms with E-state index in [-0.39, 0.29) is 5.91 Å². The first-order valence-electron chi connectivity index (χ1n) is 8.38. The zero-order valence-electron chi connectivity index (χ0n) is 13.9. The monoisotopic (exact) mass is 303 g/mol. The first kappa shape index (κ1) is 18.4. The second-order valence-electron chi connectivity index (χ2n) is 5.77. The normalized spacial score (nSPS) is 11.0. The van der Waals surface area contributed by atoms with Crippen LogP contribution in [0.15, 0.2) is 30.3 Å². The fourth-order valence-corrected chi connectivity index (χ4v) is 2.40. The Kier molecular flexibility index (Phi) is 9.24. The van der Waals surface area contributed by atoms with Gasteiger partial charge >= 0.3 is 0 Å². The van der Waals surface area contributed by atoms with Gasteiger partial charge in [0.2, 0.25) is 0 Å². The Morgan fingerprint density at radius 1 is 1.14 bits per heavy atom. The molecule has 1 aromatic rings. The second-order valence-corrected chi connectivity index (χ2v) is 5.77. The summed E-state index contributed by atoms with van der Waals surface area (Å²) in [6.45, 7) is 2.24. The van der Waals surface area contributed by atoms with Crippen molar-refractivity contribution in [2.75, 3.05) is 7.05 Å². The maximum absolute atomic E-state index is 11.7. The molecule has 0 aliphatic heterocycles. The van der Waals surface area contributed by atoms with Crippen molar-refractivity contribution in [3.05, 3.63) is 41.5 Å². The molecule has 0 unspecified atom stereocenters. The molecule has 122 valence electrons. The predicted octanol–water partition coefficient (Wildman–Crippen LogP) is 5.30. The minimum Gasteiger partial charge on any atom is -0.286 e. The summed E-state index contributed by atoms with van der Waals surface area (Å²) in [6.07, 6.45) is 14.5. The van der Waals surface area contributed by atoms with Crippen molar-refractivity contribution in [2.24, 2.45) is 0 Å². The summed E-state index contributed by atoms with van der Waals surface area (Å²) in [5.74, 6) is -0.387. The predicted molar refractivity (Wildman–Crippen MR) is 92.0 cm³/mol. The van der Waals surface area contributed by atoms with E-state index >= 15 is 0 Å². The molecule has 22 heavy (non-hydrogen) atoms. The number of hydrogen-bond acceptors (Lipinski definition) is 2. The van der Waals surface area contributed by atoms with Gasteiger partial charge in [0.1, 0.15) is 0 Å². The topological polar surface area (TPSA) is 40.5 Å². The van der Waals surface area contributed by atoms with Gasteiger partial charge in [-0.1, -0.05) is 69.7 Å². The molecule has 0 spiro atoms. The van der Waals surface area contributed by atoms with Crippen LogP contribution < -0.4 is 0 Å². The summed E-state index contributed by atoms with van der Waals surface area (Å²) in [5.41, 5.74) is 1.50. The largest absolute Gasteiger partial charge is 0.286 e. The molecule has 1 rings (SSSR count). The lowest BCUT2D eigenvalue weighted by atomic mass is 10.1. The first-order valence-corrected chi connectivity index (χ1v) is 8.38. The SMILES string of the molecule is CCCCCCCCCC=Cc1cccc(C(=O)N(C)O)c1. The van der Waals surface area contributed by atoms with Gasteiger partial charge in [-0.25, -0.2) is 5.06 Å². The number of hydrogen-bond donors (Lipinski definition) is 1. The van der Waals surface area contributed by atoms with Crippen molar-refractivity contribution < 1.29 is 10.0 Å². The van der Waals surface area contributed by atoms with E-state index in [0.717, 1.165) is 12.0 Å². The van der Waals surface area contributed by atoms with Crippen molar-refractivity contribution in [3.8, 4) is 0 Å². The van der Waals surface area contributed by atoms with E-state index in [1.165, 1.54) is 52.0 Å². The molecule has 0 saturated carbocycles. The van der Waals surface area contributed by atoms with Gasteiger partial charge in [0.25, 0.3) is 5.91 Å². The summed E-state index contributed by atoms with van der Waals surface area (Å²) in [5, 5.41) is 9.79. The van der Waals surface area contributed by atoms with E-state index in [0.29, 0.717) is 10.6 Å². The van der Waals surface area contributed by atoms with Crippen LogP contribution in [0.25, 0.3) is 6.08 Å². The van der Waals surface area contributed by atoms with Crippen molar-refractivity contribution >= 4 is 12.0 Å². The smallest absolute Gasteiger partial charge is 0.276 e. The lowest BCUT2D eigenvalue weighted by Crippen LogP contribution is -2.22. The highest BCUT2D eigenvalue weighted by molar-refractivity contribution is 5.93. The molecule has 3 heteroatoms. The number of amides is 1. The average molecular weight is 303 g/mol. The molecule has 0 heterocycles. The molecule has 1 aromatic carbocycles. The van der Waals surface area contributed by atoms with Crippen molar-refractivity contribution in [1.82, 2.24) is 5.06 Å². The molecular formula is C19H29NO2. The standard InChI is InChI=1S/C19H29NO2/c1-3-4-5-6-7-8-9-10-11-13-17-14-12-15-18(16-17)19(21)20(2)22/h11-16,22H,3-10H2,1-2H3. The molecule has 1 N–H and O–H groups in total. The fourth-order valence-electron chi connectivity index (χ4n) is 2.40. The highest BCUT2D eigenvalue weighted by Crippen LogP contribution is 2.11. The van der Waals surface area contributed by atoms with Gasteiger partial charge in [0.05, 0.1) is 0 Å². The minimum atomic E-state index is -0.387. The molecule has 0 aliphatic carbocycles. The van der Waals surface area contributed by atoms with E-state index in [9.17, 15) is 10.0 Å². The zero-order valence-corrected chi connectivity index (χ0v) is 13.9. The highest BCUT2D eigenvalue weighted by atomic mass is 16.5. The summed E-state index contributed by atoms with van der Waals surface area (Å²) >= 11 is 0. The summed E-state index contributed by atoms with van der Waals surface area (Å²) in [6, 6.07) is 7.32. The van der Waals surface area contributed by atoms with E-state index in [1.807, 2.05) is 18.2 Å². The Bertz CT molecular complexity index is 466. The van der Waals surface area contributed by atoms with Crippen molar-refractivity contribution in [2.45, 2.75) is 58.3 Å². The number of hydroxylamine groups is 2. The maximum atomic E-state index is 11.7. The molecule has 0 aromatic heterocycles. The Morgan fingerprint density at radius 2 is 1.82 bits per heavy atom. The first-order chi connectivity index (χ1) is 10.6. The van der Waals surface area contributed by atoms with Crippen molar-refractivity contribution in [1.29, 1.82) is 0 Å². The molecule has 0 atom stereocenters.